The number of rotatable bonds is 10. The Hall–Kier alpha value is -3.64. The van der Waals surface area contributed by atoms with E-state index in [9.17, 15) is 9.59 Å². The SMILES string of the molecule is CCN(CCCNC(=O)C1c2ccccc2C(=O)N(C)C1c1ccc(OC)cc1)Cc1ccccc1. The first-order valence-corrected chi connectivity index (χ1v) is 12.6. The molecular weight excluding hydrogens is 450 g/mol. The first-order chi connectivity index (χ1) is 17.5. The summed E-state index contributed by atoms with van der Waals surface area (Å²) in [5.41, 5.74) is 3.56. The van der Waals surface area contributed by atoms with Crippen molar-refractivity contribution in [2.75, 3.05) is 33.8 Å². The Morgan fingerprint density at radius 2 is 1.69 bits per heavy atom. The fourth-order valence-corrected chi connectivity index (χ4v) is 4.99. The van der Waals surface area contributed by atoms with E-state index in [2.05, 4.69) is 41.4 Å². The molecular formula is C30H35N3O3. The Labute approximate surface area is 213 Å². The summed E-state index contributed by atoms with van der Waals surface area (Å²) < 4.78 is 5.30. The van der Waals surface area contributed by atoms with Gasteiger partial charge < -0.3 is 15.0 Å². The van der Waals surface area contributed by atoms with Crippen molar-refractivity contribution < 1.29 is 14.3 Å². The molecule has 3 aromatic carbocycles. The third-order valence-electron chi connectivity index (χ3n) is 6.97. The Bertz CT molecular complexity index is 1160. The van der Waals surface area contributed by atoms with Crippen LogP contribution in [-0.4, -0.2) is 55.4 Å². The zero-order valence-electron chi connectivity index (χ0n) is 21.3. The molecule has 4 rings (SSSR count). The number of hydrogen-bond donors (Lipinski definition) is 1. The van der Waals surface area contributed by atoms with E-state index in [0.29, 0.717) is 12.1 Å². The molecule has 0 aromatic heterocycles. The van der Waals surface area contributed by atoms with E-state index in [0.717, 1.165) is 42.9 Å². The monoisotopic (exact) mass is 485 g/mol. The largest absolute Gasteiger partial charge is 0.497 e. The molecule has 0 saturated heterocycles. The Morgan fingerprint density at radius 1 is 1.00 bits per heavy atom. The molecule has 3 aromatic rings. The van der Waals surface area contributed by atoms with Gasteiger partial charge in [0.25, 0.3) is 5.91 Å². The van der Waals surface area contributed by atoms with Gasteiger partial charge in [-0.3, -0.25) is 14.5 Å². The highest BCUT2D eigenvalue weighted by Crippen LogP contribution is 2.42. The van der Waals surface area contributed by atoms with Crippen molar-refractivity contribution in [2.45, 2.75) is 31.8 Å². The van der Waals surface area contributed by atoms with Crippen LogP contribution in [0.4, 0.5) is 0 Å². The van der Waals surface area contributed by atoms with Crippen LogP contribution in [0.1, 0.15) is 52.4 Å². The highest BCUT2D eigenvalue weighted by Gasteiger charge is 2.42. The molecule has 36 heavy (non-hydrogen) atoms. The first kappa shape index (κ1) is 25.5. The summed E-state index contributed by atoms with van der Waals surface area (Å²) in [7, 11) is 3.40. The lowest BCUT2D eigenvalue weighted by molar-refractivity contribution is -0.124. The third-order valence-corrected chi connectivity index (χ3v) is 6.97. The van der Waals surface area contributed by atoms with Gasteiger partial charge >= 0.3 is 0 Å². The maximum atomic E-state index is 13.6. The van der Waals surface area contributed by atoms with Crippen LogP contribution < -0.4 is 10.1 Å². The van der Waals surface area contributed by atoms with Crippen LogP contribution in [0.3, 0.4) is 0 Å². The number of nitrogens with zero attached hydrogens (tertiary/aromatic N) is 2. The van der Waals surface area contributed by atoms with Gasteiger partial charge in [-0.1, -0.05) is 67.6 Å². The van der Waals surface area contributed by atoms with Crippen molar-refractivity contribution in [1.82, 2.24) is 15.1 Å². The minimum atomic E-state index is -0.496. The van der Waals surface area contributed by atoms with Gasteiger partial charge in [-0.15, -0.1) is 0 Å². The van der Waals surface area contributed by atoms with Crippen LogP contribution in [0.5, 0.6) is 5.75 Å². The van der Waals surface area contributed by atoms with E-state index < -0.39 is 12.0 Å². The van der Waals surface area contributed by atoms with Crippen LogP contribution in [0, 0.1) is 0 Å². The number of nitrogens with one attached hydrogen (secondary N) is 1. The smallest absolute Gasteiger partial charge is 0.254 e. The molecule has 1 aliphatic heterocycles. The molecule has 188 valence electrons. The quantitative estimate of drug-likeness (QED) is 0.425. The number of hydrogen-bond acceptors (Lipinski definition) is 4. The summed E-state index contributed by atoms with van der Waals surface area (Å²) in [6.45, 7) is 5.48. The number of carbonyl (C=O) groups excluding carboxylic acids is 2. The van der Waals surface area contributed by atoms with E-state index in [4.69, 9.17) is 4.74 Å². The van der Waals surface area contributed by atoms with E-state index >= 15 is 0 Å². The van der Waals surface area contributed by atoms with Crippen LogP contribution in [0.25, 0.3) is 0 Å². The zero-order valence-corrected chi connectivity index (χ0v) is 21.3. The van der Waals surface area contributed by atoms with Crippen LogP contribution in [-0.2, 0) is 11.3 Å². The number of ether oxygens (including phenoxy) is 1. The van der Waals surface area contributed by atoms with Crippen molar-refractivity contribution in [2.24, 2.45) is 0 Å². The summed E-state index contributed by atoms with van der Waals surface area (Å²) in [5, 5.41) is 3.17. The van der Waals surface area contributed by atoms with Gasteiger partial charge in [0.2, 0.25) is 5.91 Å². The van der Waals surface area contributed by atoms with Gasteiger partial charge in [0.15, 0.2) is 0 Å². The molecule has 1 N–H and O–H groups in total. The summed E-state index contributed by atoms with van der Waals surface area (Å²) in [5.74, 6) is 0.105. The first-order valence-electron chi connectivity index (χ1n) is 12.6. The number of benzene rings is 3. The van der Waals surface area contributed by atoms with Gasteiger partial charge in [0, 0.05) is 32.2 Å². The van der Waals surface area contributed by atoms with Crippen molar-refractivity contribution >= 4 is 11.8 Å². The van der Waals surface area contributed by atoms with Crippen LogP contribution >= 0.6 is 0 Å². The molecule has 2 unspecified atom stereocenters. The lowest BCUT2D eigenvalue weighted by atomic mass is 9.79. The van der Waals surface area contributed by atoms with Crippen LogP contribution in [0.2, 0.25) is 0 Å². The molecule has 0 bridgehead atoms. The molecule has 0 saturated carbocycles. The molecule has 0 fully saturated rings. The number of fused-ring (bicyclic) bond motifs is 1. The van der Waals surface area contributed by atoms with Gasteiger partial charge in [0.05, 0.1) is 19.1 Å². The molecule has 1 aliphatic rings. The number of carbonyl (C=O) groups is 2. The van der Waals surface area contributed by atoms with Gasteiger partial charge in [-0.25, -0.2) is 0 Å². The molecule has 0 spiro atoms. The zero-order chi connectivity index (χ0) is 25.5. The molecule has 2 amide bonds. The van der Waals surface area contributed by atoms with E-state index in [1.807, 2.05) is 48.5 Å². The van der Waals surface area contributed by atoms with Crippen molar-refractivity contribution in [1.29, 1.82) is 0 Å². The molecule has 6 nitrogen and oxygen atoms in total. The van der Waals surface area contributed by atoms with Crippen molar-refractivity contribution in [3.8, 4) is 5.75 Å². The second kappa shape index (κ2) is 11.9. The van der Waals surface area contributed by atoms with Crippen molar-refractivity contribution in [3.63, 3.8) is 0 Å². The highest BCUT2D eigenvalue weighted by atomic mass is 16.5. The van der Waals surface area contributed by atoms with Gasteiger partial charge in [-0.05, 0) is 47.9 Å². The second-order valence-electron chi connectivity index (χ2n) is 9.20. The van der Waals surface area contributed by atoms with Crippen LogP contribution in [0.15, 0.2) is 78.9 Å². The summed E-state index contributed by atoms with van der Waals surface area (Å²) in [6, 6.07) is 25.1. The molecule has 0 aliphatic carbocycles. The Morgan fingerprint density at radius 3 is 2.39 bits per heavy atom. The lowest BCUT2D eigenvalue weighted by Crippen LogP contribution is -2.46. The highest BCUT2D eigenvalue weighted by molar-refractivity contribution is 6.01. The third kappa shape index (κ3) is 5.60. The van der Waals surface area contributed by atoms with Gasteiger partial charge in [0.1, 0.15) is 5.75 Å². The standard InChI is InChI=1S/C30H35N3O3/c1-4-33(21-22-11-6-5-7-12-22)20-10-19-31-29(34)27-25-13-8-9-14-26(25)30(35)32(2)28(27)23-15-17-24(36-3)18-16-23/h5-9,11-18,27-28H,4,10,19-21H2,1-3H3,(H,31,34). The second-order valence-corrected chi connectivity index (χ2v) is 9.20. The van der Waals surface area contributed by atoms with Gasteiger partial charge in [-0.2, -0.15) is 0 Å². The predicted octanol–water partition coefficient (Wildman–Crippen LogP) is 4.63. The predicted molar refractivity (Wildman–Crippen MR) is 142 cm³/mol. The number of likely N-dealkylation sites (N-methyl/N-ethyl adjacent to an activating group) is 1. The molecule has 6 heteroatoms. The summed E-state index contributed by atoms with van der Waals surface area (Å²) >= 11 is 0. The van der Waals surface area contributed by atoms with Crippen molar-refractivity contribution in [3.05, 3.63) is 101 Å². The maximum Gasteiger partial charge on any atom is 0.254 e. The average Bonchev–Trinajstić information content (AvgIpc) is 2.92. The molecule has 1 heterocycles. The number of methoxy groups -OCH3 is 1. The van der Waals surface area contributed by atoms with E-state index in [1.165, 1.54) is 5.56 Å². The minimum Gasteiger partial charge on any atom is -0.497 e. The number of amides is 2. The maximum absolute atomic E-state index is 13.6. The normalized spacial score (nSPS) is 17.1. The molecule has 0 radical (unpaired) electrons. The fraction of sp³-hybridized carbons (Fsp3) is 0.333. The summed E-state index contributed by atoms with van der Waals surface area (Å²) in [6.07, 6.45) is 0.850. The molecule has 2 atom stereocenters. The lowest BCUT2D eigenvalue weighted by Gasteiger charge is -2.39. The topological polar surface area (TPSA) is 61.9 Å². The fourth-order valence-electron chi connectivity index (χ4n) is 4.99. The Balaban J connectivity index is 1.48. The summed E-state index contributed by atoms with van der Waals surface area (Å²) in [4.78, 5) is 30.9. The van der Waals surface area contributed by atoms with E-state index in [1.54, 1.807) is 25.1 Å². The Kier molecular flexibility index (Phi) is 8.39. The van der Waals surface area contributed by atoms with E-state index in [-0.39, 0.29) is 11.8 Å². The minimum absolute atomic E-state index is 0.0614. The average molecular weight is 486 g/mol.